The van der Waals surface area contributed by atoms with Gasteiger partial charge in [-0.15, -0.1) is 0 Å². The number of carbonyl (C=O) groups excluding carboxylic acids is 2. The second-order valence-corrected chi connectivity index (χ2v) is 7.89. The molecule has 2 aliphatic rings. The van der Waals surface area contributed by atoms with E-state index in [-0.39, 0.29) is 18.6 Å². The first-order chi connectivity index (χ1) is 13.4. The molecule has 2 aromatic rings. The van der Waals surface area contributed by atoms with Crippen LogP contribution in [0.3, 0.4) is 0 Å². The molecule has 0 amide bonds. The summed E-state index contributed by atoms with van der Waals surface area (Å²) >= 11 is 0. The van der Waals surface area contributed by atoms with Gasteiger partial charge in [-0.25, -0.2) is 0 Å². The Morgan fingerprint density at radius 1 is 1.21 bits per heavy atom. The number of phenolic OH excluding ortho intramolecular Hbond substituents is 1. The maximum Gasteiger partial charge on any atom is 0.306 e. The van der Waals surface area contributed by atoms with Crippen LogP contribution in [0.2, 0.25) is 0 Å². The van der Waals surface area contributed by atoms with Crippen LogP contribution in [0.4, 0.5) is 0 Å². The van der Waals surface area contributed by atoms with E-state index >= 15 is 0 Å². The maximum atomic E-state index is 12.8. The number of aliphatic hydroxyl groups excluding tert-OH is 1. The second-order valence-electron chi connectivity index (χ2n) is 7.89. The molecule has 0 radical (unpaired) electrons. The van der Waals surface area contributed by atoms with Gasteiger partial charge in [0.1, 0.15) is 12.4 Å². The Bertz CT molecular complexity index is 1020. The third kappa shape index (κ3) is 2.42. The first-order valence-electron chi connectivity index (χ1n) is 9.68. The number of benzene rings is 2. The van der Waals surface area contributed by atoms with Crippen LogP contribution in [0.15, 0.2) is 36.4 Å². The van der Waals surface area contributed by atoms with E-state index in [9.17, 15) is 19.8 Å². The van der Waals surface area contributed by atoms with Crippen molar-refractivity contribution in [1.82, 2.24) is 0 Å². The van der Waals surface area contributed by atoms with Crippen LogP contribution in [-0.2, 0) is 20.7 Å². The van der Waals surface area contributed by atoms with E-state index in [2.05, 4.69) is 0 Å². The van der Waals surface area contributed by atoms with E-state index in [0.717, 1.165) is 28.3 Å². The molecular weight excluding hydrogens is 356 g/mol. The van der Waals surface area contributed by atoms with E-state index in [1.807, 2.05) is 31.2 Å². The quantitative estimate of drug-likeness (QED) is 0.793. The van der Waals surface area contributed by atoms with Gasteiger partial charge >= 0.3 is 5.97 Å². The average Bonchev–Trinajstić information content (AvgIpc) is 3.00. The molecule has 0 aromatic heterocycles. The minimum atomic E-state index is -1.36. The van der Waals surface area contributed by atoms with E-state index in [0.29, 0.717) is 6.42 Å². The molecule has 0 bridgehead atoms. The summed E-state index contributed by atoms with van der Waals surface area (Å²) in [6.45, 7) is 3.01. The zero-order valence-corrected chi connectivity index (χ0v) is 16.1. The topological polar surface area (TPSA) is 83.8 Å². The van der Waals surface area contributed by atoms with Crippen molar-refractivity contribution in [3.8, 4) is 5.75 Å². The molecule has 0 heterocycles. The Hall–Kier alpha value is -2.66. The van der Waals surface area contributed by atoms with Gasteiger partial charge in [0.05, 0.1) is 0 Å². The Morgan fingerprint density at radius 2 is 2.00 bits per heavy atom. The molecule has 0 aliphatic heterocycles. The van der Waals surface area contributed by atoms with Crippen molar-refractivity contribution in [2.75, 3.05) is 6.61 Å². The summed E-state index contributed by atoms with van der Waals surface area (Å²) in [5.74, 6) is -0.651. The lowest BCUT2D eigenvalue weighted by Gasteiger charge is -2.46. The van der Waals surface area contributed by atoms with Crippen molar-refractivity contribution in [2.24, 2.45) is 5.41 Å². The molecule has 4 rings (SSSR count). The normalized spacial score (nSPS) is 25.8. The molecule has 28 heavy (non-hydrogen) atoms. The molecule has 2 aromatic carbocycles. The van der Waals surface area contributed by atoms with Crippen LogP contribution in [-0.4, -0.2) is 34.2 Å². The summed E-state index contributed by atoms with van der Waals surface area (Å²) in [6.07, 6.45) is 3.79. The van der Waals surface area contributed by atoms with Crippen molar-refractivity contribution < 1.29 is 24.5 Å². The highest BCUT2D eigenvalue weighted by molar-refractivity contribution is 6.00. The predicted octanol–water partition coefficient (Wildman–Crippen LogP) is 3.54. The largest absolute Gasteiger partial charge is 0.508 e. The minimum Gasteiger partial charge on any atom is -0.508 e. The Balaban J connectivity index is 1.86. The van der Waals surface area contributed by atoms with Gasteiger partial charge in [-0.05, 0) is 52.4 Å². The smallest absolute Gasteiger partial charge is 0.306 e. The highest BCUT2D eigenvalue weighted by atomic mass is 16.6. The summed E-state index contributed by atoms with van der Waals surface area (Å²) in [6, 6.07) is 9.33. The summed E-state index contributed by atoms with van der Waals surface area (Å²) in [4.78, 5) is 25.0. The number of ketones is 1. The monoisotopic (exact) mass is 380 g/mol. The van der Waals surface area contributed by atoms with Gasteiger partial charge in [0.2, 0.25) is 5.78 Å². The molecular formula is C23H24O5. The van der Waals surface area contributed by atoms with Crippen LogP contribution >= 0.6 is 0 Å². The number of aromatic hydroxyl groups is 1. The van der Waals surface area contributed by atoms with E-state index in [1.54, 1.807) is 19.1 Å². The van der Waals surface area contributed by atoms with Crippen molar-refractivity contribution in [3.63, 3.8) is 0 Å². The van der Waals surface area contributed by atoms with E-state index < -0.39 is 29.4 Å². The Morgan fingerprint density at radius 3 is 2.71 bits per heavy atom. The molecule has 0 spiro atoms. The lowest BCUT2D eigenvalue weighted by molar-refractivity contribution is -0.178. The Labute approximate surface area is 163 Å². The second kappa shape index (κ2) is 6.45. The molecule has 5 heteroatoms. The summed E-state index contributed by atoms with van der Waals surface area (Å²) in [5.41, 5.74) is 1.18. The SMILES string of the molecule is CCC(=O)O[C@@]1(C(=O)CO)CC=C2c3ccc4cc(O)ccc4c3CC[C@@]21C. The van der Waals surface area contributed by atoms with Gasteiger partial charge in [-0.2, -0.15) is 0 Å². The first-order valence-corrected chi connectivity index (χ1v) is 9.68. The van der Waals surface area contributed by atoms with Crippen molar-refractivity contribution in [1.29, 1.82) is 0 Å². The van der Waals surface area contributed by atoms with Crippen LogP contribution in [0.1, 0.15) is 44.2 Å². The number of esters is 1. The third-order valence-corrected chi connectivity index (χ3v) is 6.53. The maximum absolute atomic E-state index is 12.8. The minimum absolute atomic E-state index is 0.177. The molecule has 146 valence electrons. The van der Waals surface area contributed by atoms with Crippen molar-refractivity contribution in [2.45, 2.75) is 45.1 Å². The fraction of sp³-hybridized carbons (Fsp3) is 0.391. The predicted molar refractivity (Wildman–Crippen MR) is 106 cm³/mol. The number of aliphatic hydroxyl groups is 1. The number of hydrogen-bond acceptors (Lipinski definition) is 5. The van der Waals surface area contributed by atoms with E-state index in [1.165, 1.54) is 5.56 Å². The lowest BCUT2D eigenvalue weighted by atomic mass is 9.61. The van der Waals surface area contributed by atoms with Crippen LogP contribution in [0.5, 0.6) is 5.75 Å². The number of Topliss-reactive ketones (excluding diaryl/α,β-unsaturated/α-hetero) is 1. The summed E-state index contributed by atoms with van der Waals surface area (Å²) in [5, 5.41) is 21.4. The van der Waals surface area contributed by atoms with Crippen molar-refractivity contribution >= 4 is 28.1 Å². The van der Waals surface area contributed by atoms with Gasteiger partial charge < -0.3 is 14.9 Å². The fourth-order valence-electron chi connectivity index (χ4n) is 4.96. The number of hydrogen-bond donors (Lipinski definition) is 2. The zero-order chi connectivity index (χ0) is 20.1. The fourth-order valence-corrected chi connectivity index (χ4v) is 4.96. The van der Waals surface area contributed by atoms with Crippen LogP contribution in [0, 0.1) is 5.41 Å². The summed E-state index contributed by atoms with van der Waals surface area (Å²) in [7, 11) is 0. The Kier molecular flexibility index (Phi) is 4.31. The molecule has 0 saturated carbocycles. The summed E-state index contributed by atoms with van der Waals surface area (Å²) < 4.78 is 5.76. The van der Waals surface area contributed by atoms with Crippen LogP contribution in [0.25, 0.3) is 16.3 Å². The molecule has 2 atom stereocenters. The highest BCUT2D eigenvalue weighted by Crippen LogP contribution is 2.59. The highest BCUT2D eigenvalue weighted by Gasteiger charge is 2.61. The number of carbonyl (C=O) groups is 2. The molecule has 0 saturated heterocycles. The number of fused-ring (bicyclic) bond motifs is 5. The molecule has 0 unspecified atom stereocenters. The number of rotatable bonds is 4. The van der Waals surface area contributed by atoms with Gasteiger partial charge in [-0.3, -0.25) is 9.59 Å². The first kappa shape index (κ1) is 18.7. The molecule has 5 nitrogen and oxygen atoms in total. The van der Waals surface area contributed by atoms with Gasteiger partial charge in [0, 0.05) is 18.3 Å². The van der Waals surface area contributed by atoms with Crippen molar-refractivity contribution in [3.05, 3.63) is 47.5 Å². The number of ether oxygens (including phenoxy) is 1. The van der Waals surface area contributed by atoms with Gasteiger partial charge in [0.25, 0.3) is 0 Å². The van der Waals surface area contributed by atoms with Gasteiger partial charge in [-0.1, -0.05) is 38.1 Å². The molecule has 0 fully saturated rings. The molecule has 2 aliphatic carbocycles. The number of phenols is 1. The lowest BCUT2D eigenvalue weighted by Crippen LogP contribution is -2.55. The van der Waals surface area contributed by atoms with Crippen LogP contribution < -0.4 is 0 Å². The zero-order valence-electron chi connectivity index (χ0n) is 16.1. The standard InChI is InChI=1S/C23H24O5/c1-3-21(27)28-23(20(26)13-24)11-9-19-18-6-4-14-12-15(25)5-7-16(14)17(18)8-10-22(19,23)2/h4-7,9,12,24-25H,3,8,10-11,13H2,1-2H3/t22-,23+/m0/s1. The van der Waals surface area contributed by atoms with E-state index in [4.69, 9.17) is 4.74 Å². The number of aryl methyl sites for hydroxylation is 1. The third-order valence-electron chi connectivity index (χ3n) is 6.53. The van der Waals surface area contributed by atoms with Gasteiger partial charge in [0.15, 0.2) is 5.60 Å². The average molecular weight is 380 g/mol. The molecule has 2 N–H and O–H groups in total.